The highest BCUT2D eigenvalue weighted by atomic mass is 35.5. The van der Waals surface area contributed by atoms with Crippen LogP contribution in [-0.4, -0.2) is 59.9 Å². The maximum Gasteiger partial charge on any atom is 0.422 e. The molecule has 0 bridgehead atoms. The maximum atomic E-state index is 13.0. The van der Waals surface area contributed by atoms with Gasteiger partial charge in [-0.25, -0.2) is 4.79 Å². The van der Waals surface area contributed by atoms with Gasteiger partial charge in [-0.05, 0) is 67.6 Å². The summed E-state index contributed by atoms with van der Waals surface area (Å²) < 4.78 is 53.2. The summed E-state index contributed by atoms with van der Waals surface area (Å²) >= 11 is 6.01. The average Bonchev–Trinajstić information content (AvgIpc) is 3.84. The van der Waals surface area contributed by atoms with Crippen molar-refractivity contribution in [1.82, 2.24) is 20.3 Å². The molecule has 0 spiro atoms. The maximum absolute atomic E-state index is 13.0. The quantitative estimate of drug-likeness (QED) is 0.129. The normalized spacial score (nSPS) is 14.1. The number of aromatic nitrogens is 3. The summed E-state index contributed by atoms with van der Waals surface area (Å²) in [6.07, 6.45) is -3.24. The van der Waals surface area contributed by atoms with Gasteiger partial charge in [0.25, 0.3) is 11.3 Å². The van der Waals surface area contributed by atoms with Gasteiger partial charge >= 0.3 is 18.2 Å². The number of alkyl halides is 3. The first-order valence-corrected chi connectivity index (χ1v) is 14.8. The monoisotopic (exact) mass is 688 g/mol. The van der Waals surface area contributed by atoms with Gasteiger partial charge in [-0.2, -0.15) is 28.1 Å². The molecule has 48 heavy (non-hydrogen) atoms. The molecule has 1 aromatic heterocycles. The second-order valence-electron chi connectivity index (χ2n) is 10.8. The van der Waals surface area contributed by atoms with Gasteiger partial charge in [-0.3, -0.25) is 14.4 Å². The van der Waals surface area contributed by atoms with Crippen molar-refractivity contribution in [3.05, 3.63) is 90.7 Å². The van der Waals surface area contributed by atoms with E-state index in [4.69, 9.17) is 25.8 Å². The van der Waals surface area contributed by atoms with Crippen LogP contribution in [0.25, 0.3) is 0 Å². The number of amides is 1. The van der Waals surface area contributed by atoms with Crippen molar-refractivity contribution in [3.8, 4) is 11.8 Å². The van der Waals surface area contributed by atoms with Crippen LogP contribution in [0.3, 0.4) is 0 Å². The van der Waals surface area contributed by atoms with Gasteiger partial charge in [0.15, 0.2) is 12.4 Å². The van der Waals surface area contributed by atoms with Crippen LogP contribution in [0.5, 0.6) is 11.8 Å². The lowest BCUT2D eigenvalue weighted by Crippen LogP contribution is -2.43. The molecule has 3 N–H and O–H groups in total. The standard InChI is InChI=1S/C31H28ClF3N6O7/c1-46-24-20(22(42)23(24)43)11-12-21(26(45)47-2)37-25(44)16-3-9-19(10-4-16)36-27-38-28(40-29(39-27)48-15-31(33,34)35)41-30(13-14-30)17-5-7-18(32)8-6-17/h3-10,21H,11-15H2,1-2H3,(H,37,44)(H2,36,38,39,40,41)/t21-/m0/s1. The first-order chi connectivity index (χ1) is 22.8. The Hall–Kier alpha value is -5.25. The summed E-state index contributed by atoms with van der Waals surface area (Å²) in [6, 6.07) is 11.2. The summed E-state index contributed by atoms with van der Waals surface area (Å²) in [4.78, 5) is 61.1. The van der Waals surface area contributed by atoms with E-state index < -0.39 is 53.1 Å². The molecule has 13 nitrogen and oxygen atoms in total. The molecule has 1 fully saturated rings. The van der Waals surface area contributed by atoms with Crippen LogP contribution in [0, 0.1) is 0 Å². The third-order valence-corrected chi connectivity index (χ3v) is 7.77. The lowest BCUT2D eigenvalue weighted by molar-refractivity contribution is -0.154. The first kappa shape index (κ1) is 34.1. The lowest BCUT2D eigenvalue weighted by Gasteiger charge is -2.19. The molecule has 1 aliphatic carbocycles. The minimum absolute atomic E-state index is 0.00504. The number of methoxy groups -OCH3 is 2. The fourth-order valence-corrected chi connectivity index (χ4v) is 5.02. The van der Waals surface area contributed by atoms with Crippen molar-refractivity contribution >= 4 is 41.1 Å². The largest absolute Gasteiger partial charge is 0.492 e. The van der Waals surface area contributed by atoms with Gasteiger partial charge < -0.3 is 30.2 Å². The fourth-order valence-electron chi connectivity index (χ4n) is 4.89. The molecule has 1 heterocycles. The van der Waals surface area contributed by atoms with E-state index in [0.29, 0.717) is 23.6 Å². The Morgan fingerprint density at radius 3 is 2.23 bits per heavy atom. The predicted octanol–water partition coefficient (Wildman–Crippen LogP) is 3.82. The molecule has 1 amide bonds. The number of hydrogen-bond donors (Lipinski definition) is 3. The highest BCUT2D eigenvalue weighted by Crippen LogP contribution is 2.48. The number of hydrogen-bond acceptors (Lipinski definition) is 12. The zero-order chi connectivity index (χ0) is 34.6. The molecule has 0 aliphatic heterocycles. The number of nitrogens with one attached hydrogen (secondary N) is 3. The number of halogens is 4. The number of esters is 1. The fraction of sp³-hybridized carbons (Fsp3) is 0.323. The van der Waals surface area contributed by atoms with Crippen molar-refractivity contribution in [2.24, 2.45) is 0 Å². The van der Waals surface area contributed by atoms with Gasteiger partial charge in [0.05, 0.1) is 25.3 Å². The molecule has 17 heteroatoms. The Bertz CT molecular complexity index is 1880. The van der Waals surface area contributed by atoms with Gasteiger partial charge in [-0.1, -0.05) is 23.7 Å². The van der Waals surface area contributed by atoms with Crippen LogP contribution in [0.15, 0.2) is 58.1 Å². The molecule has 1 saturated carbocycles. The molecular weight excluding hydrogens is 661 g/mol. The Morgan fingerprint density at radius 1 is 0.958 bits per heavy atom. The topological polar surface area (TPSA) is 171 Å². The second-order valence-corrected chi connectivity index (χ2v) is 11.3. The molecule has 5 rings (SSSR count). The number of benzene rings is 2. The Morgan fingerprint density at radius 2 is 1.62 bits per heavy atom. The van der Waals surface area contributed by atoms with Crippen LogP contribution < -0.4 is 36.3 Å². The van der Waals surface area contributed by atoms with Crippen LogP contribution in [-0.2, 0) is 21.5 Å². The van der Waals surface area contributed by atoms with E-state index in [1.807, 2.05) is 12.1 Å². The van der Waals surface area contributed by atoms with Crippen LogP contribution in [0.4, 0.5) is 30.8 Å². The minimum atomic E-state index is -4.63. The second kappa shape index (κ2) is 13.9. The van der Waals surface area contributed by atoms with Crippen LogP contribution >= 0.6 is 11.6 Å². The molecule has 0 unspecified atom stereocenters. The number of rotatable bonds is 14. The van der Waals surface area contributed by atoms with Crippen LogP contribution in [0.2, 0.25) is 5.02 Å². The zero-order valence-electron chi connectivity index (χ0n) is 25.4. The highest BCUT2D eigenvalue weighted by Gasteiger charge is 2.45. The number of anilines is 3. The molecule has 252 valence electrons. The zero-order valence-corrected chi connectivity index (χ0v) is 26.2. The molecule has 0 radical (unpaired) electrons. The molecule has 3 aromatic carbocycles. The van der Waals surface area contributed by atoms with E-state index in [2.05, 4.69) is 30.9 Å². The molecule has 1 aliphatic rings. The van der Waals surface area contributed by atoms with Crippen molar-refractivity contribution in [3.63, 3.8) is 0 Å². The molecular formula is C31H28ClF3N6O7. The Kier molecular flexibility index (Phi) is 9.84. The number of ether oxygens (including phenoxy) is 3. The summed E-state index contributed by atoms with van der Waals surface area (Å²) in [6.45, 7) is -1.62. The van der Waals surface area contributed by atoms with Crippen molar-refractivity contribution < 1.29 is 37.0 Å². The third kappa shape index (κ3) is 7.99. The Labute approximate surface area is 275 Å². The number of carbonyl (C=O) groups is 2. The van der Waals surface area contributed by atoms with Crippen molar-refractivity contribution in [1.29, 1.82) is 0 Å². The average molecular weight is 689 g/mol. The van der Waals surface area contributed by atoms with E-state index in [1.165, 1.54) is 31.4 Å². The summed E-state index contributed by atoms with van der Waals surface area (Å²) in [5, 5.41) is 9.15. The number of nitrogens with zero attached hydrogens (tertiary/aromatic N) is 3. The summed E-state index contributed by atoms with van der Waals surface area (Å²) in [7, 11) is 2.39. The minimum Gasteiger partial charge on any atom is -0.492 e. The van der Waals surface area contributed by atoms with Crippen molar-refractivity contribution in [2.45, 2.75) is 43.4 Å². The molecule has 0 saturated heterocycles. The summed E-state index contributed by atoms with van der Waals surface area (Å²) in [5.41, 5.74) is -0.477. The van der Waals surface area contributed by atoms with Gasteiger partial charge in [0.2, 0.25) is 17.3 Å². The lowest BCUT2D eigenvalue weighted by atomic mass is 10.00. The molecule has 4 aromatic rings. The third-order valence-electron chi connectivity index (χ3n) is 7.52. The van der Waals surface area contributed by atoms with Crippen LogP contribution in [0.1, 0.15) is 40.7 Å². The van der Waals surface area contributed by atoms with Gasteiger partial charge in [0.1, 0.15) is 6.04 Å². The van der Waals surface area contributed by atoms with Gasteiger partial charge in [-0.15, -0.1) is 0 Å². The van der Waals surface area contributed by atoms with E-state index in [0.717, 1.165) is 12.7 Å². The van der Waals surface area contributed by atoms with E-state index in [-0.39, 0.29) is 41.6 Å². The van der Waals surface area contributed by atoms with Crippen molar-refractivity contribution in [2.75, 3.05) is 31.5 Å². The SMILES string of the molecule is COC(=O)[C@H](CCc1c(OC)c(=O)c1=O)NC(=O)c1ccc(Nc2nc(NC3(c4ccc(Cl)cc4)CC3)nc(OCC(F)(F)F)n2)cc1. The number of carbonyl (C=O) groups excluding carboxylic acids is 2. The predicted molar refractivity (Wildman–Crippen MR) is 167 cm³/mol. The van der Waals surface area contributed by atoms with E-state index >= 15 is 0 Å². The highest BCUT2D eigenvalue weighted by molar-refractivity contribution is 6.30. The smallest absolute Gasteiger partial charge is 0.422 e. The Balaban J connectivity index is 1.29. The van der Waals surface area contributed by atoms with E-state index in [9.17, 15) is 32.3 Å². The first-order valence-electron chi connectivity index (χ1n) is 14.4. The molecule has 1 atom stereocenters. The van der Waals surface area contributed by atoms with E-state index in [1.54, 1.807) is 12.1 Å². The summed E-state index contributed by atoms with van der Waals surface area (Å²) in [5.74, 6) is -1.63. The van der Waals surface area contributed by atoms with Gasteiger partial charge in [0, 0.05) is 16.3 Å².